The Balaban J connectivity index is 1.97. The molecule has 0 aromatic heterocycles. The largest absolute Gasteiger partial charge is 0.467 e. The highest BCUT2D eigenvalue weighted by molar-refractivity contribution is 5.81. The predicted octanol–water partition coefficient (Wildman–Crippen LogP) is 4.01. The number of nitrogens with one attached hydrogen (secondary N) is 1. The second-order valence-corrected chi connectivity index (χ2v) is 7.72. The average molecular weight is 399 g/mol. The van der Waals surface area contributed by atoms with Crippen molar-refractivity contribution in [2.24, 2.45) is 0 Å². The highest BCUT2D eigenvalue weighted by Crippen LogP contribution is 2.12. The molecule has 1 N–H and O–H groups in total. The first-order valence-electron chi connectivity index (χ1n) is 9.53. The summed E-state index contributed by atoms with van der Waals surface area (Å²) >= 11 is 0. The number of alkyl carbamates (subject to hydrolysis) is 1. The first-order chi connectivity index (χ1) is 13.8. The van der Waals surface area contributed by atoms with Gasteiger partial charge in [0, 0.05) is 6.42 Å². The van der Waals surface area contributed by atoms with E-state index in [-0.39, 0.29) is 0 Å². The van der Waals surface area contributed by atoms with Gasteiger partial charge in [0.05, 0.1) is 20.3 Å². The molecule has 0 bridgehead atoms. The summed E-state index contributed by atoms with van der Waals surface area (Å²) in [6, 6.07) is 16.8. The third kappa shape index (κ3) is 8.35. The van der Waals surface area contributed by atoms with Crippen molar-refractivity contribution in [3.05, 3.63) is 71.3 Å². The fourth-order valence-corrected chi connectivity index (χ4v) is 2.73. The molecule has 6 heteroatoms. The van der Waals surface area contributed by atoms with Gasteiger partial charge in [-0.25, -0.2) is 9.59 Å². The lowest BCUT2D eigenvalue weighted by atomic mass is 10.0. The molecular formula is C23H29NO5. The topological polar surface area (TPSA) is 73.9 Å². The van der Waals surface area contributed by atoms with Crippen LogP contribution in [0.4, 0.5) is 4.79 Å². The van der Waals surface area contributed by atoms with Crippen LogP contribution in [0.25, 0.3) is 0 Å². The summed E-state index contributed by atoms with van der Waals surface area (Å²) in [4.78, 5) is 24.2. The lowest BCUT2D eigenvalue weighted by molar-refractivity contribution is -0.143. The average Bonchev–Trinajstić information content (AvgIpc) is 2.66. The van der Waals surface area contributed by atoms with E-state index in [1.165, 1.54) is 7.11 Å². The Kier molecular flexibility index (Phi) is 8.21. The summed E-state index contributed by atoms with van der Waals surface area (Å²) in [5.74, 6) is -0.526. The zero-order valence-electron chi connectivity index (χ0n) is 17.4. The van der Waals surface area contributed by atoms with Crippen molar-refractivity contribution in [1.82, 2.24) is 5.32 Å². The van der Waals surface area contributed by atoms with Crippen LogP contribution in [-0.4, -0.2) is 30.8 Å². The van der Waals surface area contributed by atoms with Crippen LogP contribution < -0.4 is 5.32 Å². The first kappa shape index (κ1) is 22.4. The molecule has 29 heavy (non-hydrogen) atoms. The lowest BCUT2D eigenvalue weighted by Gasteiger charge is -2.22. The van der Waals surface area contributed by atoms with Crippen molar-refractivity contribution < 1.29 is 23.8 Å². The zero-order valence-corrected chi connectivity index (χ0v) is 17.4. The molecule has 6 nitrogen and oxygen atoms in total. The van der Waals surface area contributed by atoms with Crippen LogP contribution in [0, 0.1) is 0 Å². The molecule has 0 saturated carbocycles. The molecule has 1 amide bonds. The van der Waals surface area contributed by atoms with Crippen molar-refractivity contribution in [1.29, 1.82) is 0 Å². The molecule has 0 fully saturated rings. The van der Waals surface area contributed by atoms with Crippen molar-refractivity contribution in [2.45, 2.75) is 52.0 Å². The normalized spacial score (nSPS) is 12.1. The summed E-state index contributed by atoms with van der Waals surface area (Å²) in [5.41, 5.74) is 2.33. The molecular weight excluding hydrogens is 370 g/mol. The van der Waals surface area contributed by atoms with Crippen molar-refractivity contribution in [3.8, 4) is 0 Å². The standard InChI is InChI=1S/C23H29NO5/c1-23(2,3)29-22(26)24-20(21(25)27-4)14-18-11-8-12-19(13-18)16-28-15-17-9-6-5-7-10-17/h5-13,20H,14-16H2,1-4H3,(H,24,26)/t20-/m0/s1. The van der Waals surface area contributed by atoms with E-state index in [1.807, 2.05) is 54.6 Å². The van der Waals surface area contributed by atoms with Gasteiger partial charge in [0.2, 0.25) is 0 Å². The second-order valence-electron chi connectivity index (χ2n) is 7.72. The van der Waals surface area contributed by atoms with Crippen molar-refractivity contribution in [3.63, 3.8) is 0 Å². The Morgan fingerprint density at radius 2 is 1.55 bits per heavy atom. The fourth-order valence-electron chi connectivity index (χ4n) is 2.73. The van der Waals surface area contributed by atoms with E-state index < -0.39 is 23.7 Å². The second kappa shape index (κ2) is 10.6. The molecule has 2 aromatic rings. The number of hydrogen-bond acceptors (Lipinski definition) is 5. The van der Waals surface area contributed by atoms with Crippen LogP contribution in [0.3, 0.4) is 0 Å². The van der Waals surface area contributed by atoms with Gasteiger partial charge >= 0.3 is 12.1 Å². The lowest BCUT2D eigenvalue weighted by Crippen LogP contribution is -2.45. The third-order valence-electron chi connectivity index (χ3n) is 3.99. The third-order valence-corrected chi connectivity index (χ3v) is 3.99. The Morgan fingerprint density at radius 3 is 2.21 bits per heavy atom. The van der Waals surface area contributed by atoms with Gasteiger partial charge in [-0.05, 0) is 37.5 Å². The van der Waals surface area contributed by atoms with E-state index in [4.69, 9.17) is 14.2 Å². The van der Waals surface area contributed by atoms with E-state index in [9.17, 15) is 9.59 Å². The van der Waals surface area contributed by atoms with Crippen LogP contribution >= 0.6 is 0 Å². The summed E-state index contributed by atoms with van der Waals surface area (Å²) in [5, 5.41) is 2.59. The molecule has 0 radical (unpaired) electrons. The summed E-state index contributed by atoms with van der Waals surface area (Å²) in [6.07, 6.45) is -0.367. The Morgan fingerprint density at radius 1 is 0.931 bits per heavy atom. The minimum atomic E-state index is -0.838. The number of rotatable bonds is 8. The maximum absolute atomic E-state index is 12.1. The molecule has 0 aliphatic heterocycles. The maximum Gasteiger partial charge on any atom is 0.408 e. The Labute approximate surface area is 172 Å². The molecule has 0 spiro atoms. The molecule has 0 aliphatic carbocycles. The van der Waals surface area contributed by atoms with Gasteiger partial charge in [-0.2, -0.15) is 0 Å². The molecule has 0 saturated heterocycles. The number of benzene rings is 2. The fraction of sp³-hybridized carbons (Fsp3) is 0.391. The summed E-state index contributed by atoms with van der Waals surface area (Å²) in [7, 11) is 1.29. The summed E-state index contributed by atoms with van der Waals surface area (Å²) in [6.45, 7) is 6.26. The Hall–Kier alpha value is -2.86. The highest BCUT2D eigenvalue weighted by Gasteiger charge is 2.25. The number of carbonyl (C=O) groups excluding carboxylic acids is 2. The molecule has 2 aromatic carbocycles. The smallest absolute Gasteiger partial charge is 0.408 e. The number of carbonyl (C=O) groups is 2. The molecule has 0 aliphatic rings. The van der Waals surface area contributed by atoms with Crippen molar-refractivity contribution >= 4 is 12.1 Å². The van der Waals surface area contributed by atoms with Crippen LogP contribution in [-0.2, 0) is 38.6 Å². The van der Waals surface area contributed by atoms with Gasteiger partial charge in [-0.1, -0.05) is 54.6 Å². The van der Waals surface area contributed by atoms with Gasteiger partial charge < -0.3 is 19.5 Å². The van der Waals surface area contributed by atoms with E-state index in [0.717, 1.165) is 16.7 Å². The molecule has 156 valence electrons. The van der Waals surface area contributed by atoms with E-state index in [2.05, 4.69) is 5.32 Å². The van der Waals surface area contributed by atoms with Crippen LogP contribution in [0.15, 0.2) is 54.6 Å². The number of esters is 1. The van der Waals surface area contributed by atoms with Gasteiger partial charge in [0.25, 0.3) is 0 Å². The Bertz CT molecular complexity index is 798. The van der Waals surface area contributed by atoms with E-state index in [1.54, 1.807) is 20.8 Å². The molecule has 0 heterocycles. The van der Waals surface area contributed by atoms with Gasteiger partial charge in [-0.3, -0.25) is 0 Å². The number of methoxy groups -OCH3 is 1. The maximum atomic E-state index is 12.1. The number of hydrogen-bond donors (Lipinski definition) is 1. The zero-order chi connectivity index (χ0) is 21.3. The van der Waals surface area contributed by atoms with Gasteiger partial charge in [0.1, 0.15) is 11.6 Å². The van der Waals surface area contributed by atoms with E-state index in [0.29, 0.717) is 19.6 Å². The molecule has 0 unspecified atom stereocenters. The quantitative estimate of drug-likeness (QED) is 0.679. The molecule has 2 rings (SSSR count). The van der Waals surface area contributed by atoms with Crippen LogP contribution in [0.5, 0.6) is 0 Å². The number of amides is 1. The van der Waals surface area contributed by atoms with Crippen molar-refractivity contribution in [2.75, 3.05) is 7.11 Å². The number of ether oxygens (including phenoxy) is 3. The first-order valence-corrected chi connectivity index (χ1v) is 9.53. The molecule has 1 atom stereocenters. The minimum Gasteiger partial charge on any atom is -0.467 e. The van der Waals surface area contributed by atoms with Crippen LogP contribution in [0.1, 0.15) is 37.5 Å². The minimum absolute atomic E-state index is 0.290. The highest BCUT2D eigenvalue weighted by atomic mass is 16.6. The predicted molar refractivity (Wildman–Crippen MR) is 110 cm³/mol. The monoisotopic (exact) mass is 399 g/mol. The SMILES string of the molecule is COC(=O)[C@H](Cc1cccc(COCc2ccccc2)c1)NC(=O)OC(C)(C)C. The van der Waals surface area contributed by atoms with E-state index >= 15 is 0 Å². The van der Waals surface area contributed by atoms with Crippen LogP contribution in [0.2, 0.25) is 0 Å². The summed E-state index contributed by atoms with van der Waals surface area (Å²) < 4.78 is 15.8. The van der Waals surface area contributed by atoms with Gasteiger partial charge in [0.15, 0.2) is 0 Å². The van der Waals surface area contributed by atoms with Gasteiger partial charge in [-0.15, -0.1) is 0 Å².